The van der Waals surface area contributed by atoms with Gasteiger partial charge in [-0.25, -0.2) is 0 Å². The molecule has 0 spiro atoms. The SMILES string of the molecule is Cc1ccc2c(c1)C(=O)N1CSCC1C(=S)N2. The van der Waals surface area contributed by atoms with Crippen LogP contribution in [0.25, 0.3) is 0 Å². The largest absolute Gasteiger partial charge is 0.348 e. The lowest BCUT2D eigenvalue weighted by molar-refractivity contribution is 0.0784. The molecule has 0 aliphatic carbocycles. The van der Waals surface area contributed by atoms with E-state index >= 15 is 0 Å². The molecule has 0 bridgehead atoms. The van der Waals surface area contributed by atoms with Crippen molar-refractivity contribution in [1.82, 2.24) is 4.90 Å². The number of thioether (sulfide) groups is 1. The number of hydrogen-bond donors (Lipinski definition) is 1. The topological polar surface area (TPSA) is 32.3 Å². The standard InChI is InChI=1S/C12H12N2OS2/c1-7-2-3-9-8(4-7)12(15)14-6-17-5-10(14)11(16)13-9/h2-4,10H,5-6H2,1H3,(H,13,16). The minimum atomic E-state index is 0.0511. The Morgan fingerprint density at radius 3 is 3.18 bits per heavy atom. The van der Waals surface area contributed by atoms with Crippen molar-refractivity contribution in [1.29, 1.82) is 0 Å². The van der Waals surface area contributed by atoms with Crippen LogP contribution in [0.4, 0.5) is 5.69 Å². The summed E-state index contributed by atoms with van der Waals surface area (Å²) in [5.41, 5.74) is 2.66. The molecular weight excluding hydrogens is 252 g/mol. The highest BCUT2D eigenvalue weighted by molar-refractivity contribution is 7.99. The van der Waals surface area contributed by atoms with Crippen molar-refractivity contribution in [3.63, 3.8) is 0 Å². The minimum absolute atomic E-state index is 0.0511. The summed E-state index contributed by atoms with van der Waals surface area (Å²) in [6, 6.07) is 5.91. The number of nitrogens with zero attached hydrogens (tertiary/aromatic N) is 1. The van der Waals surface area contributed by atoms with Crippen molar-refractivity contribution in [3.05, 3.63) is 29.3 Å². The van der Waals surface area contributed by atoms with E-state index < -0.39 is 0 Å². The van der Waals surface area contributed by atoms with Crippen molar-refractivity contribution in [2.45, 2.75) is 13.0 Å². The summed E-state index contributed by atoms with van der Waals surface area (Å²) in [7, 11) is 0. The number of hydrogen-bond acceptors (Lipinski definition) is 3. The molecule has 3 rings (SSSR count). The maximum Gasteiger partial charge on any atom is 0.257 e. The summed E-state index contributed by atoms with van der Waals surface area (Å²) < 4.78 is 0. The number of thiocarbonyl (C=S) groups is 1. The molecule has 1 atom stereocenters. The van der Waals surface area contributed by atoms with Gasteiger partial charge in [0, 0.05) is 5.75 Å². The molecule has 1 amide bonds. The Labute approximate surface area is 110 Å². The Bertz CT molecular complexity index is 515. The highest BCUT2D eigenvalue weighted by atomic mass is 32.2. The molecular formula is C12H12N2OS2. The van der Waals surface area contributed by atoms with Crippen molar-refractivity contribution in [2.24, 2.45) is 0 Å². The third kappa shape index (κ3) is 1.73. The lowest BCUT2D eigenvalue weighted by Crippen LogP contribution is -2.41. The Hall–Kier alpha value is -1.07. The second-order valence-corrected chi connectivity index (χ2v) is 5.77. The van der Waals surface area contributed by atoms with Gasteiger partial charge in [0.05, 0.1) is 23.2 Å². The van der Waals surface area contributed by atoms with Crippen LogP contribution in [-0.4, -0.2) is 33.5 Å². The molecule has 1 unspecified atom stereocenters. The van der Waals surface area contributed by atoms with Gasteiger partial charge in [-0.1, -0.05) is 23.8 Å². The summed E-state index contributed by atoms with van der Waals surface area (Å²) in [4.78, 5) is 15.1. The van der Waals surface area contributed by atoms with Crippen molar-refractivity contribution in [2.75, 3.05) is 16.9 Å². The number of fused-ring (bicyclic) bond motifs is 2. The molecule has 1 saturated heterocycles. The molecule has 2 heterocycles. The zero-order valence-corrected chi connectivity index (χ0v) is 11.0. The summed E-state index contributed by atoms with van der Waals surface area (Å²) in [5.74, 6) is 1.72. The van der Waals surface area contributed by atoms with E-state index in [1.807, 2.05) is 30.0 Å². The first-order valence-electron chi connectivity index (χ1n) is 5.47. The van der Waals surface area contributed by atoms with Crippen molar-refractivity contribution >= 4 is 40.6 Å². The summed E-state index contributed by atoms with van der Waals surface area (Å²) in [6.45, 7) is 1.99. The minimum Gasteiger partial charge on any atom is -0.348 e. The van der Waals surface area contributed by atoms with E-state index in [4.69, 9.17) is 12.2 Å². The van der Waals surface area contributed by atoms with Crippen molar-refractivity contribution < 1.29 is 4.79 Å². The van der Waals surface area contributed by atoms with Gasteiger partial charge in [-0.05, 0) is 19.1 Å². The van der Waals surface area contributed by atoms with Gasteiger partial charge in [-0.3, -0.25) is 4.79 Å². The van der Waals surface area contributed by atoms with Gasteiger partial charge in [-0.15, -0.1) is 11.8 Å². The fourth-order valence-corrected chi connectivity index (χ4v) is 3.77. The van der Waals surface area contributed by atoms with Crippen LogP contribution < -0.4 is 5.32 Å². The van der Waals surface area contributed by atoms with Crippen LogP contribution in [0.5, 0.6) is 0 Å². The quantitative estimate of drug-likeness (QED) is 0.729. The maximum absolute atomic E-state index is 12.4. The second kappa shape index (κ2) is 3.99. The number of carbonyl (C=O) groups excluding carboxylic acids is 1. The van der Waals surface area contributed by atoms with Crippen LogP contribution in [0.15, 0.2) is 18.2 Å². The van der Waals surface area contributed by atoms with E-state index in [9.17, 15) is 4.79 Å². The fourth-order valence-electron chi connectivity index (χ4n) is 2.17. The molecule has 1 aromatic rings. The van der Waals surface area contributed by atoms with Gasteiger partial charge in [-0.2, -0.15) is 0 Å². The van der Waals surface area contributed by atoms with E-state index in [0.717, 1.165) is 33.4 Å². The average molecular weight is 264 g/mol. The molecule has 2 aliphatic heterocycles. The van der Waals surface area contributed by atoms with E-state index in [2.05, 4.69) is 5.32 Å². The maximum atomic E-state index is 12.4. The average Bonchev–Trinajstić information content (AvgIpc) is 2.76. The first-order valence-corrected chi connectivity index (χ1v) is 7.03. The summed E-state index contributed by atoms with van der Waals surface area (Å²) in [5, 5.41) is 3.21. The van der Waals surface area contributed by atoms with Crippen LogP contribution in [0.3, 0.4) is 0 Å². The number of nitrogens with one attached hydrogen (secondary N) is 1. The van der Waals surface area contributed by atoms with Crippen molar-refractivity contribution in [3.8, 4) is 0 Å². The van der Waals surface area contributed by atoms with Gasteiger partial charge < -0.3 is 10.2 Å². The normalized spacial score (nSPS) is 22.9. The molecule has 17 heavy (non-hydrogen) atoms. The first kappa shape index (κ1) is 11.0. The first-order chi connectivity index (χ1) is 8.16. The number of carbonyl (C=O) groups is 1. The Balaban J connectivity index is 2.12. The number of amides is 1. The number of aryl methyl sites for hydroxylation is 1. The Morgan fingerprint density at radius 1 is 1.53 bits per heavy atom. The van der Waals surface area contributed by atoms with Crippen LogP contribution in [0.1, 0.15) is 15.9 Å². The number of anilines is 1. The zero-order chi connectivity index (χ0) is 12.0. The predicted molar refractivity (Wildman–Crippen MR) is 74.7 cm³/mol. The molecule has 1 fully saturated rings. The highest BCUT2D eigenvalue weighted by Gasteiger charge is 2.36. The molecule has 0 saturated carbocycles. The van der Waals surface area contributed by atoms with E-state index in [1.54, 1.807) is 11.8 Å². The van der Waals surface area contributed by atoms with Crippen LogP contribution in [-0.2, 0) is 0 Å². The fraction of sp³-hybridized carbons (Fsp3) is 0.333. The molecule has 3 nitrogen and oxygen atoms in total. The Morgan fingerprint density at radius 2 is 2.35 bits per heavy atom. The highest BCUT2D eigenvalue weighted by Crippen LogP contribution is 2.30. The van der Waals surface area contributed by atoms with E-state index in [0.29, 0.717) is 0 Å². The third-order valence-corrected chi connectivity index (χ3v) is 4.50. The van der Waals surface area contributed by atoms with E-state index in [-0.39, 0.29) is 11.9 Å². The molecule has 88 valence electrons. The molecule has 2 aliphatic rings. The molecule has 1 N–H and O–H groups in total. The smallest absolute Gasteiger partial charge is 0.257 e. The van der Waals surface area contributed by atoms with Gasteiger partial charge in [0.25, 0.3) is 5.91 Å². The Kier molecular flexibility index (Phi) is 2.60. The molecule has 0 radical (unpaired) electrons. The second-order valence-electron chi connectivity index (χ2n) is 4.33. The summed E-state index contributed by atoms with van der Waals surface area (Å²) in [6.07, 6.45) is 0. The van der Waals surface area contributed by atoms with Crippen LogP contribution >= 0.6 is 24.0 Å². The van der Waals surface area contributed by atoms with E-state index in [1.165, 1.54) is 0 Å². The van der Waals surface area contributed by atoms with Gasteiger partial charge >= 0.3 is 0 Å². The third-order valence-electron chi connectivity index (χ3n) is 3.11. The number of benzene rings is 1. The van der Waals surface area contributed by atoms with Gasteiger partial charge in [0.2, 0.25) is 0 Å². The lowest BCUT2D eigenvalue weighted by atomic mass is 10.1. The summed E-state index contributed by atoms with van der Waals surface area (Å²) >= 11 is 7.13. The van der Waals surface area contributed by atoms with Gasteiger partial charge in [0.1, 0.15) is 4.99 Å². The van der Waals surface area contributed by atoms with Crippen LogP contribution in [0, 0.1) is 6.92 Å². The zero-order valence-electron chi connectivity index (χ0n) is 9.40. The molecule has 1 aromatic carbocycles. The molecule has 0 aromatic heterocycles. The van der Waals surface area contributed by atoms with Gasteiger partial charge in [0.15, 0.2) is 0 Å². The molecule has 5 heteroatoms. The monoisotopic (exact) mass is 264 g/mol. The lowest BCUT2D eigenvalue weighted by Gasteiger charge is -2.20. The predicted octanol–water partition coefficient (Wildman–Crippen LogP) is 2.26. The van der Waals surface area contributed by atoms with Crippen LogP contribution in [0.2, 0.25) is 0 Å². The number of rotatable bonds is 0.